The number of rotatable bonds is 4. The van der Waals surface area contributed by atoms with Crippen molar-refractivity contribution in [2.24, 2.45) is 0 Å². The first-order chi connectivity index (χ1) is 20.5. The van der Waals surface area contributed by atoms with Gasteiger partial charge in [-0.15, -0.1) is 0 Å². The molecule has 2 saturated heterocycles. The Morgan fingerprint density at radius 2 is 2.02 bits per heavy atom. The Hall–Kier alpha value is -4.28. The normalized spacial score (nSPS) is 20.1. The van der Waals surface area contributed by atoms with E-state index in [-0.39, 0.29) is 16.8 Å². The number of aromatic amines is 1. The van der Waals surface area contributed by atoms with Crippen LogP contribution in [0, 0.1) is 5.82 Å². The van der Waals surface area contributed by atoms with Gasteiger partial charge in [0, 0.05) is 72.7 Å². The van der Waals surface area contributed by atoms with Crippen LogP contribution >= 0.6 is 0 Å². The first-order valence-electron chi connectivity index (χ1n) is 14.6. The molecule has 5 aromatic rings. The summed E-state index contributed by atoms with van der Waals surface area (Å²) in [6.45, 7) is 4.65. The summed E-state index contributed by atoms with van der Waals surface area (Å²) < 4.78 is 21.4. The Morgan fingerprint density at radius 3 is 2.86 bits per heavy atom. The zero-order chi connectivity index (χ0) is 28.4. The molecule has 4 aromatic heterocycles. The van der Waals surface area contributed by atoms with Gasteiger partial charge in [0.25, 0.3) is 5.56 Å². The summed E-state index contributed by atoms with van der Waals surface area (Å²) in [7, 11) is 2.18. The van der Waals surface area contributed by atoms with E-state index in [1.54, 1.807) is 18.6 Å². The highest BCUT2D eigenvalue weighted by molar-refractivity contribution is 6.03. The molecule has 1 aromatic carbocycles. The third-order valence-corrected chi connectivity index (χ3v) is 9.40. The van der Waals surface area contributed by atoms with E-state index < -0.39 is 0 Å². The van der Waals surface area contributed by atoms with Gasteiger partial charge in [0.05, 0.1) is 23.0 Å². The lowest BCUT2D eigenvalue weighted by atomic mass is 9.76. The van der Waals surface area contributed by atoms with Gasteiger partial charge in [-0.2, -0.15) is 0 Å². The van der Waals surface area contributed by atoms with Crippen LogP contribution in [0.4, 0.5) is 21.7 Å². The van der Waals surface area contributed by atoms with Crippen molar-refractivity contribution in [3.63, 3.8) is 0 Å². The van der Waals surface area contributed by atoms with Gasteiger partial charge < -0.3 is 24.8 Å². The number of hydrogen-bond donors (Lipinski definition) is 2. The molecule has 10 heteroatoms. The van der Waals surface area contributed by atoms with E-state index in [9.17, 15) is 9.18 Å². The number of likely N-dealkylation sites (tertiary alicyclic amines) is 1. The lowest BCUT2D eigenvalue weighted by Gasteiger charge is -2.35. The van der Waals surface area contributed by atoms with Crippen molar-refractivity contribution < 1.29 is 9.13 Å². The Labute approximate surface area is 242 Å². The van der Waals surface area contributed by atoms with Gasteiger partial charge in [-0.3, -0.25) is 9.20 Å². The Morgan fingerprint density at radius 1 is 1.14 bits per heavy atom. The fraction of sp³-hybridized carbons (Fsp3) is 0.344. The lowest BCUT2D eigenvalue weighted by molar-refractivity contribution is 0.0550. The maximum absolute atomic E-state index is 13.8. The minimum atomic E-state index is -0.344. The Balaban J connectivity index is 1.20. The van der Waals surface area contributed by atoms with Gasteiger partial charge in [-0.1, -0.05) is 12.1 Å². The third-order valence-electron chi connectivity index (χ3n) is 9.40. The van der Waals surface area contributed by atoms with Gasteiger partial charge in [0.2, 0.25) is 0 Å². The molecule has 8 rings (SSSR count). The standard InChI is InChI=1S/C32H32FN7O2/c1-38-12-8-21(18-38)40-19-32(9-14-42-15-10-32)24-3-5-27(37-30(24)40)36-25-4-2-22(23-6-11-34-31(41)29(23)25)26-17-35-28-16-20(33)7-13-39(26)28/h2-7,11,13,16-17,21H,8-10,12,14-15,18-19H2,1H3,(H,34,41)(H,36,37). The number of ether oxygens (including phenoxy) is 1. The molecule has 3 aliphatic heterocycles. The number of anilines is 3. The van der Waals surface area contributed by atoms with E-state index in [0.29, 0.717) is 28.6 Å². The summed E-state index contributed by atoms with van der Waals surface area (Å²) in [5, 5.41) is 4.78. The van der Waals surface area contributed by atoms with Crippen LogP contribution in [0.1, 0.15) is 24.8 Å². The number of H-pyrrole nitrogens is 1. The summed E-state index contributed by atoms with van der Waals surface area (Å²) >= 11 is 0. The minimum absolute atomic E-state index is 0.0721. The second-order valence-electron chi connectivity index (χ2n) is 11.9. The van der Waals surface area contributed by atoms with Crippen LogP contribution in [0.15, 0.2) is 65.8 Å². The molecule has 9 nitrogen and oxygen atoms in total. The van der Waals surface area contributed by atoms with Crippen LogP contribution in [0.3, 0.4) is 0 Å². The number of pyridine rings is 3. The van der Waals surface area contributed by atoms with Crippen LogP contribution in [0.2, 0.25) is 0 Å². The number of likely N-dealkylation sites (N-methyl/N-ethyl adjacent to an activating group) is 1. The average molecular weight is 566 g/mol. The monoisotopic (exact) mass is 565 g/mol. The molecule has 0 aliphatic carbocycles. The smallest absolute Gasteiger partial charge is 0.257 e. The summed E-state index contributed by atoms with van der Waals surface area (Å²) in [4.78, 5) is 30.6. The fourth-order valence-electron chi connectivity index (χ4n) is 7.23. The molecule has 0 amide bonds. The SMILES string of the molecule is CN1CCC(N2CC3(CCOCC3)c3ccc(Nc4ccc(-c5cnc6cc(F)ccn56)c5cc[nH]c(=O)c45)nc32)C1. The maximum atomic E-state index is 13.8. The second kappa shape index (κ2) is 9.64. The van der Waals surface area contributed by atoms with Crippen molar-refractivity contribution in [1.29, 1.82) is 0 Å². The van der Waals surface area contributed by atoms with Crippen LogP contribution < -0.4 is 15.8 Å². The van der Waals surface area contributed by atoms with Crippen molar-refractivity contribution in [1.82, 2.24) is 24.3 Å². The fourth-order valence-corrected chi connectivity index (χ4v) is 7.23. The van der Waals surface area contributed by atoms with E-state index in [1.807, 2.05) is 28.7 Å². The number of fused-ring (bicyclic) bond motifs is 4. The molecule has 3 aliphatic rings. The molecule has 0 radical (unpaired) electrons. The lowest BCUT2D eigenvalue weighted by Crippen LogP contribution is -2.43. The largest absolute Gasteiger partial charge is 0.381 e. The van der Waals surface area contributed by atoms with Crippen LogP contribution in [0.5, 0.6) is 0 Å². The molecule has 0 saturated carbocycles. The highest BCUT2D eigenvalue weighted by Crippen LogP contribution is 2.48. The highest BCUT2D eigenvalue weighted by atomic mass is 19.1. The summed E-state index contributed by atoms with van der Waals surface area (Å²) in [6, 6.07) is 13.3. The predicted molar refractivity (Wildman–Crippen MR) is 161 cm³/mol. The number of imidazole rings is 1. The summed E-state index contributed by atoms with van der Waals surface area (Å²) in [5.41, 5.74) is 3.98. The Kier molecular flexibility index (Phi) is 5.84. The number of halogens is 1. The molecular formula is C32H32FN7O2. The number of hydrogen-bond acceptors (Lipinski definition) is 7. The second-order valence-corrected chi connectivity index (χ2v) is 11.9. The Bertz CT molecular complexity index is 1890. The van der Waals surface area contributed by atoms with Crippen molar-refractivity contribution in [2.75, 3.05) is 50.1 Å². The molecule has 1 unspecified atom stereocenters. The van der Waals surface area contributed by atoms with E-state index in [1.165, 1.54) is 17.7 Å². The zero-order valence-electron chi connectivity index (χ0n) is 23.4. The molecule has 2 N–H and O–H groups in total. The third kappa shape index (κ3) is 4.00. The molecular weight excluding hydrogens is 533 g/mol. The molecule has 2 fully saturated rings. The van der Waals surface area contributed by atoms with Crippen LogP contribution in [-0.2, 0) is 10.2 Å². The maximum Gasteiger partial charge on any atom is 0.257 e. The molecule has 1 spiro atoms. The average Bonchev–Trinajstić information content (AvgIpc) is 3.69. The molecule has 42 heavy (non-hydrogen) atoms. The molecule has 1 atom stereocenters. The van der Waals surface area contributed by atoms with Crippen molar-refractivity contribution >= 4 is 33.7 Å². The molecule has 7 heterocycles. The van der Waals surface area contributed by atoms with Gasteiger partial charge in [0.15, 0.2) is 0 Å². The molecule has 0 bridgehead atoms. The van der Waals surface area contributed by atoms with Crippen molar-refractivity contribution in [3.8, 4) is 11.3 Å². The van der Waals surface area contributed by atoms with Gasteiger partial charge in [-0.25, -0.2) is 14.4 Å². The van der Waals surface area contributed by atoms with Gasteiger partial charge in [0.1, 0.15) is 23.1 Å². The van der Waals surface area contributed by atoms with Gasteiger partial charge >= 0.3 is 0 Å². The zero-order valence-corrected chi connectivity index (χ0v) is 23.4. The first kappa shape index (κ1) is 25.4. The highest BCUT2D eigenvalue weighted by Gasteiger charge is 2.47. The quantitative estimate of drug-likeness (QED) is 0.327. The number of benzene rings is 1. The number of nitrogens with zero attached hydrogens (tertiary/aromatic N) is 5. The van der Waals surface area contributed by atoms with E-state index in [2.05, 4.69) is 38.2 Å². The topological polar surface area (TPSA) is 90.8 Å². The number of aromatic nitrogens is 4. The summed E-state index contributed by atoms with van der Waals surface area (Å²) in [5.74, 6) is 1.41. The molecule has 214 valence electrons. The van der Waals surface area contributed by atoms with Gasteiger partial charge in [-0.05, 0) is 57.1 Å². The van der Waals surface area contributed by atoms with E-state index >= 15 is 0 Å². The first-order valence-corrected chi connectivity index (χ1v) is 14.6. The van der Waals surface area contributed by atoms with Crippen molar-refractivity contribution in [2.45, 2.75) is 30.7 Å². The predicted octanol–water partition coefficient (Wildman–Crippen LogP) is 4.69. The van der Waals surface area contributed by atoms with Crippen LogP contribution in [0.25, 0.3) is 27.7 Å². The van der Waals surface area contributed by atoms with Crippen molar-refractivity contribution in [3.05, 3.63) is 82.8 Å². The van der Waals surface area contributed by atoms with Crippen LogP contribution in [-0.4, -0.2) is 70.2 Å². The number of nitrogens with one attached hydrogen (secondary N) is 2. The van der Waals surface area contributed by atoms with E-state index in [4.69, 9.17) is 9.72 Å². The van der Waals surface area contributed by atoms with E-state index in [0.717, 1.165) is 74.6 Å². The summed E-state index contributed by atoms with van der Waals surface area (Å²) in [6.07, 6.45) is 8.15. The minimum Gasteiger partial charge on any atom is -0.381 e.